The minimum atomic E-state index is 0.499. The molecule has 5 unspecified atom stereocenters. The van der Waals surface area contributed by atoms with Crippen LogP contribution in [0.2, 0.25) is 0 Å². The second-order valence-corrected chi connectivity index (χ2v) is 8.85. The van der Waals surface area contributed by atoms with Gasteiger partial charge in [-0.1, -0.05) is 12.1 Å². The summed E-state index contributed by atoms with van der Waals surface area (Å²) in [5.41, 5.74) is 3.07. The Hall–Kier alpha value is -1.31. The number of rotatable bonds is 4. The molecule has 1 aromatic carbocycles. The number of fused-ring (bicyclic) bond motifs is 2. The predicted molar refractivity (Wildman–Crippen MR) is 105 cm³/mol. The van der Waals surface area contributed by atoms with E-state index in [2.05, 4.69) is 18.2 Å². The van der Waals surface area contributed by atoms with Crippen LogP contribution in [0.5, 0.6) is 5.75 Å². The van der Waals surface area contributed by atoms with E-state index < -0.39 is 0 Å². The van der Waals surface area contributed by atoms with Gasteiger partial charge in [-0.15, -0.1) is 0 Å². The van der Waals surface area contributed by atoms with Crippen molar-refractivity contribution in [3.8, 4) is 5.75 Å². The minimum absolute atomic E-state index is 0.499. The lowest BCUT2D eigenvalue weighted by Gasteiger charge is -2.44. The van der Waals surface area contributed by atoms with E-state index in [0.29, 0.717) is 5.92 Å². The molecule has 0 heterocycles. The summed E-state index contributed by atoms with van der Waals surface area (Å²) in [5, 5.41) is 0. The average Bonchev–Trinajstić information content (AvgIpc) is 2.68. The van der Waals surface area contributed by atoms with Crippen LogP contribution in [-0.4, -0.2) is 6.61 Å². The van der Waals surface area contributed by atoms with E-state index in [1.807, 2.05) is 6.92 Å². The van der Waals surface area contributed by atoms with Gasteiger partial charge in [0.15, 0.2) is 0 Å². The summed E-state index contributed by atoms with van der Waals surface area (Å²) >= 11 is 0. The van der Waals surface area contributed by atoms with Crippen molar-refractivity contribution in [3.05, 3.63) is 41.7 Å². The molecule has 0 saturated heterocycles. The number of halogens is 1. The Balaban J connectivity index is 1.36. The third kappa shape index (κ3) is 3.85. The van der Waals surface area contributed by atoms with Crippen LogP contribution < -0.4 is 4.74 Å². The lowest BCUT2D eigenvalue weighted by atomic mass is 9.61. The first kappa shape index (κ1) is 18.1. The highest BCUT2D eigenvalue weighted by molar-refractivity contribution is 5.37. The summed E-state index contributed by atoms with van der Waals surface area (Å²) in [7, 11) is 0. The number of hydrogen-bond donors (Lipinski definition) is 0. The molecule has 3 aliphatic rings. The van der Waals surface area contributed by atoms with Crippen molar-refractivity contribution in [3.63, 3.8) is 0 Å². The fraction of sp³-hybridized carbons (Fsp3) is 0.667. The van der Waals surface area contributed by atoms with Gasteiger partial charge in [-0.05, 0) is 118 Å². The van der Waals surface area contributed by atoms with Crippen molar-refractivity contribution >= 4 is 0 Å². The zero-order valence-electron chi connectivity index (χ0n) is 16.1. The van der Waals surface area contributed by atoms with Crippen LogP contribution in [-0.2, 0) is 12.8 Å². The Morgan fingerprint density at radius 1 is 0.962 bits per heavy atom. The Kier molecular flexibility index (Phi) is 5.66. The minimum Gasteiger partial charge on any atom is -0.494 e. The van der Waals surface area contributed by atoms with Crippen molar-refractivity contribution in [2.24, 2.45) is 29.6 Å². The second-order valence-electron chi connectivity index (χ2n) is 8.85. The number of allylic oxidation sites excluding steroid dienone is 1. The zero-order valence-corrected chi connectivity index (χ0v) is 16.1. The van der Waals surface area contributed by atoms with E-state index in [1.165, 1.54) is 63.4 Å². The molecule has 0 radical (unpaired) electrons. The molecule has 0 aromatic heterocycles. The van der Waals surface area contributed by atoms with Crippen LogP contribution >= 0.6 is 0 Å². The van der Waals surface area contributed by atoms with Crippen LogP contribution in [0.25, 0.3) is 0 Å². The van der Waals surface area contributed by atoms with Crippen molar-refractivity contribution in [2.45, 2.75) is 64.7 Å². The van der Waals surface area contributed by atoms with Crippen molar-refractivity contribution in [1.29, 1.82) is 0 Å². The van der Waals surface area contributed by atoms with Gasteiger partial charge in [-0.3, -0.25) is 0 Å². The smallest absolute Gasteiger partial charge is 0.119 e. The maximum absolute atomic E-state index is 12.5. The van der Waals surface area contributed by atoms with Gasteiger partial charge in [0.25, 0.3) is 0 Å². The summed E-state index contributed by atoms with van der Waals surface area (Å²) in [6.45, 7) is 2.79. The van der Waals surface area contributed by atoms with E-state index in [0.717, 1.165) is 42.4 Å². The quantitative estimate of drug-likeness (QED) is 0.598. The molecule has 0 bridgehead atoms. The van der Waals surface area contributed by atoms with Crippen LogP contribution in [0.15, 0.2) is 30.6 Å². The van der Waals surface area contributed by atoms with Crippen molar-refractivity contribution in [1.82, 2.24) is 0 Å². The standard InChI is InChI=1S/C24H33FO/c1-2-26-24-10-9-22-15-21(7-8-23(22)16-24)20-6-5-18-13-17(11-12-25)3-4-19(18)14-20/h9-12,16-21H,2-8,13-15H2,1H3. The first-order chi connectivity index (χ1) is 12.8. The SMILES string of the molecule is CCOc1ccc2c(c1)CCC(C1CCC3CC(C=CF)CCC3C1)C2. The second kappa shape index (κ2) is 8.15. The summed E-state index contributed by atoms with van der Waals surface area (Å²) < 4.78 is 18.2. The molecule has 3 aliphatic carbocycles. The lowest BCUT2D eigenvalue weighted by Crippen LogP contribution is -2.34. The lowest BCUT2D eigenvalue weighted by molar-refractivity contribution is 0.0809. The molecule has 1 nitrogen and oxygen atoms in total. The molecule has 2 saturated carbocycles. The van der Waals surface area contributed by atoms with Gasteiger partial charge in [0, 0.05) is 0 Å². The van der Waals surface area contributed by atoms with Gasteiger partial charge in [0.1, 0.15) is 5.75 Å². The fourth-order valence-electron chi connectivity index (χ4n) is 6.09. The van der Waals surface area contributed by atoms with Gasteiger partial charge < -0.3 is 4.74 Å². The topological polar surface area (TPSA) is 9.23 Å². The van der Waals surface area contributed by atoms with E-state index in [1.54, 1.807) is 11.6 Å². The molecule has 0 amide bonds. The maximum Gasteiger partial charge on any atom is 0.119 e. The molecule has 0 spiro atoms. The van der Waals surface area contributed by atoms with Gasteiger partial charge in [0.2, 0.25) is 0 Å². The fourth-order valence-corrected chi connectivity index (χ4v) is 6.09. The van der Waals surface area contributed by atoms with E-state index in [9.17, 15) is 4.39 Å². The normalized spacial score (nSPS) is 34.3. The summed E-state index contributed by atoms with van der Waals surface area (Å²) in [4.78, 5) is 0. The first-order valence-electron chi connectivity index (χ1n) is 10.8. The highest BCUT2D eigenvalue weighted by Gasteiger charge is 2.38. The largest absolute Gasteiger partial charge is 0.494 e. The third-order valence-electron chi connectivity index (χ3n) is 7.46. The summed E-state index contributed by atoms with van der Waals surface area (Å²) in [6.07, 6.45) is 14.3. The van der Waals surface area contributed by atoms with Gasteiger partial charge in [0.05, 0.1) is 12.9 Å². The molecule has 1 aromatic rings. The van der Waals surface area contributed by atoms with E-state index in [4.69, 9.17) is 4.74 Å². The number of ether oxygens (including phenoxy) is 1. The Morgan fingerprint density at radius 2 is 1.73 bits per heavy atom. The monoisotopic (exact) mass is 356 g/mol. The maximum atomic E-state index is 12.5. The molecule has 2 heteroatoms. The van der Waals surface area contributed by atoms with Crippen molar-refractivity contribution in [2.75, 3.05) is 6.61 Å². The van der Waals surface area contributed by atoms with Crippen LogP contribution in [0.4, 0.5) is 4.39 Å². The summed E-state index contributed by atoms with van der Waals surface area (Å²) in [5.74, 6) is 5.06. The Morgan fingerprint density at radius 3 is 2.54 bits per heavy atom. The molecule has 0 aliphatic heterocycles. The van der Waals surface area contributed by atoms with E-state index >= 15 is 0 Å². The molecule has 5 atom stereocenters. The van der Waals surface area contributed by atoms with Crippen molar-refractivity contribution < 1.29 is 9.13 Å². The number of benzene rings is 1. The molecule has 2 fully saturated rings. The predicted octanol–water partition coefficient (Wildman–Crippen LogP) is 6.51. The number of aryl methyl sites for hydroxylation is 1. The molecule has 4 rings (SSSR count). The van der Waals surface area contributed by atoms with Gasteiger partial charge in [-0.2, -0.15) is 0 Å². The first-order valence-corrected chi connectivity index (χ1v) is 10.8. The Labute approximate surface area is 158 Å². The molecule has 142 valence electrons. The third-order valence-corrected chi connectivity index (χ3v) is 7.46. The molecule has 0 N–H and O–H groups in total. The number of hydrogen-bond acceptors (Lipinski definition) is 1. The van der Waals surface area contributed by atoms with Gasteiger partial charge >= 0.3 is 0 Å². The van der Waals surface area contributed by atoms with Crippen LogP contribution in [0.1, 0.15) is 63.0 Å². The van der Waals surface area contributed by atoms with Gasteiger partial charge in [-0.25, -0.2) is 4.39 Å². The molecular formula is C24H33FO. The highest BCUT2D eigenvalue weighted by Crippen LogP contribution is 2.48. The average molecular weight is 357 g/mol. The van der Waals surface area contributed by atoms with Crippen LogP contribution in [0, 0.1) is 29.6 Å². The van der Waals surface area contributed by atoms with E-state index in [-0.39, 0.29) is 0 Å². The summed E-state index contributed by atoms with van der Waals surface area (Å²) in [6, 6.07) is 6.74. The molecule has 26 heavy (non-hydrogen) atoms. The molecular weight excluding hydrogens is 323 g/mol. The van der Waals surface area contributed by atoms with Crippen LogP contribution in [0.3, 0.4) is 0 Å². The zero-order chi connectivity index (χ0) is 17.9. The Bertz CT molecular complexity index is 637. The highest BCUT2D eigenvalue weighted by atomic mass is 19.1.